The molecule has 0 aromatic carbocycles. The van der Waals surface area contributed by atoms with E-state index in [9.17, 15) is 5.11 Å². The van der Waals surface area contributed by atoms with Crippen LogP contribution in [0.15, 0.2) is 0 Å². The molecule has 1 aliphatic carbocycles. The Balaban J connectivity index is 2.41. The minimum atomic E-state index is -0.0638. The molecule has 0 aromatic rings. The maximum Gasteiger partial charge on any atom is 0.0628 e. The third kappa shape index (κ3) is 3.72. The highest BCUT2D eigenvalue weighted by Gasteiger charge is 2.44. The van der Waals surface area contributed by atoms with Crippen LogP contribution in [0.25, 0.3) is 0 Å². The summed E-state index contributed by atoms with van der Waals surface area (Å²) in [7, 11) is 4.14. The fourth-order valence-electron chi connectivity index (χ4n) is 2.35. The summed E-state index contributed by atoms with van der Waals surface area (Å²) in [4.78, 5) is 2.35. The van der Waals surface area contributed by atoms with E-state index < -0.39 is 0 Å². The molecule has 1 aliphatic rings. The van der Waals surface area contributed by atoms with Crippen LogP contribution in [0.3, 0.4) is 0 Å². The van der Waals surface area contributed by atoms with Crippen molar-refractivity contribution in [2.75, 3.05) is 33.8 Å². The molecule has 0 saturated heterocycles. The van der Waals surface area contributed by atoms with Gasteiger partial charge >= 0.3 is 0 Å². The third-order valence-electron chi connectivity index (χ3n) is 3.78. The van der Waals surface area contributed by atoms with Crippen LogP contribution >= 0.6 is 0 Å². The van der Waals surface area contributed by atoms with Gasteiger partial charge in [0, 0.05) is 6.54 Å². The summed E-state index contributed by atoms with van der Waals surface area (Å²) in [5, 5.41) is 13.0. The van der Waals surface area contributed by atoms with Crippen LogP contribution in [0.5, 0.6) is 0 Å². The van der Waals surface area contributed by atoms with Gasteiger partial charge in [0.15, 0.2) is 0 Å². The Labute approximate surface area is 100 Å². The summed E-state index contributed by atoms with van der Waals surface area (Å²) in [5.41, 5.74) is -0.0638. The normalized spacial score (nSPS) is 20.4. The van der Waals surface area contributed by atoms with E-state index >= 15 is 0 Å². The summed E-state index contributed by atoms with van der Waals surface area (Å²) in [6.07, 6.45) is 3.76. The van der Waals surface area contributed by atoms with Crippen molar-refractivity contribution in [1.82, 2.24) is 10.2 Å². The number of hydrogen-bond acceptors (Lipinski definition) is 3. The molecule has 0 aliphatic heterocycles. The lowest BCUT2D eigenvalue weighted by molar-refractivity contribution is 0.106. The van der Waals surface area contributed by atoms with Crippen molar-refractivity contribution < 1.29 is 5.11 Å². The Morgan fingerprint density at radius 1 is 1.44 bits per heavy atom. The van der Waals surface area contributed by atoms with Gasteiger partial charge in [-0.1, -0.05) is 13.8 Å². The summed E-state index contributed by atoms with van der Waals surface area (Å²) in [6.45, 7) is 6.84. The maximum absolute atomic E-state index is 9.62. The lowest BCUT2D eigenvalue weighted by Gasteiger charge is -2.36. The molecule has 3 nitrogen and oxygen atoms in total. The van der Waals surface area contributed by atoms with Crippen LogP contribution in [-0.2, 0) is 0 Å². The van der Waals surface area contributed by atoms with Crippen LogP contribution in [-0.4, -0.2) is 49.3 Å². The minimum Gasteiger partial charge on any atom is -0.394 e. The first-order valence-corrected chi connectivity index (χ1v) is 6.52. The number of likely N-dealkylation sites (N-methyl/N-ethyl adjacent to an activating group) is 2. The lowest BCUT2D eigenvalue weighted by atomic mass is 9.93. The Bertz CT molecular complexity index is 198. The van der Waals surface area contributed by atoms with E-state index in [4.69, 9.17) is 0 Å². The first-order valence-electron chi connectivity index (χ1n) is 6.52. The molecule has 96 valence electrons. The van der Waals surface area contributed by atoms with Crippen molar-refractivity contribution in [1.29, 1.82) is 0 Å². The van der Waals surface area contributed by atoms with Crippen molar-refractivity contribution in [3.63, 3.8) is 0 Å². The van der Waals surface area contributed by atoms with Crippen molar-refractivity contribution in [3.8, 4) is 0 Å². The molecule has 3 heteroatoms. The monoisotopic (exact) mass is 228 g/mol. The topological polar surface area (TPSA) is 35.5 Å². The molecule has 0 radical (unpaired) electrons. The van der Waals surface area contributed by atoms with Crippen LogP contribution in [0.4, 0.5) is 0 Å². The van der Waals surface area contributed by atoms with Crippen LogP contribution in [0.2, 0.25) is 0 Å². The molecule has 0 spiro atoms. The Hall–Kier alpha value is -0.120. The van der Waals surface area contributed by atoms with E-state index in [1.165, 1.54) is 19.3 Å². The van der Waals surface area contributed by atoms with Crippen molar-refractivity contribution >= 4 is 0 Å². The molecule has 0 bridgehead atoms. The zero-order valence-corrected chi connectivity index (χ0v) is 11.3. The second-order valence-electron chi connectivity index (χ2n) is 5.76. The predicted molar refractivity (Wildman–Crippen MR) is 68.6 cm³/mol. The first-order chi connectivity index (χ1) is 7.54. The molecule has 1 saturated carbocycles. The molecule has 0 heterocycles. The van der Waals surface area contributed by atoms with E-state index in [0.717, 1.165) is 19.0 Å². The fourth-order valence-corrected chi connectivity index (χ4v) is 2.35. The molecule has 1 atom stereocenters. The van der Waals surface area contributed by atoms with Crippen LogP contribution < -0.4 is 5.32 Å². The van der Waals surface area contributed by atoms with Gasteiger partial charge in [0.1, 0.15) is 0 Å². The summed E-state index contributed by atoms with van der Waals surface area (Å²) >= 11 is 0. The number of rotatable bonds is 8. The van der Waals surface area contributed by atoms with Gasteiger partial charge in [0.2, 0.25) is 0 Å². The maximum atomic E-state index is 9.62. The fraction of sp³-hybridized carbons (Fsp3) is 1.00. The van der Waals surface area contributed by atoms with Gasteiger partial charge in [0.25, 0.3) is 0 Å². The molecule has 1 fully saturated rings. The minimum absolute atomic E-state index is 0.0638. The van der Waals surface area contributed by atoms with Gasteiger partial charge in [-0.25, -0.2) is 0 Å². The van der Waals surface area contributed by atoms with Gasteiger partial charge in [-0.15, -0.1) is 0 Å². The van der Waals surface area contributed by atoms with Crippen molar-refractivity contribution in [3.05, 3.63) is 0 Å². The van der Waals surface area contributed by atoms with E-state index in [2.05, 4.69) is 31.1 Å². The molecular formula is C13H28N2O. The second-order valence-corrected chi connectivity index (χ2v) is 5.76. The van der Waals surface area contributed by atoms with Crippen LogP contribution in [0, 0.1) is 11.8 Å². The number of nitrogens with zero attached hydrogens (tertiary/aromatic N) is 1. The van der Waals surface area contributed by atoms with Crippen LogP contribution in [0.1, 0.15) is 33.1 Å². The predicted octanol–water partition coefficient (Wildman–Crippen LogP) is 1.32. The van der Waals surface area contributed by atoms with Gasteiger partial charge in [-0.2, -0.15) is 0 Å². The first kappa shape index (κ1) is 13.9. The summed E-state index contributed by atoms with van der Waals surface area (Å²) in [5.74, 6) is 1.42. The number of nitrogens with one attached hydrogen (secondary N) is 1. The largest absolute Gasteiger partial charge is 0.394 e. The average Bonchev–Trinajstić information content (AvgIpc) is 3.07. The Morgan fingerprint density at radius 2 is 2.06 bits per heavy atom. The van der Waals surface area contributed by atoms with Gasteiger partial charge in [-0.05, 0) is 51.7 Å². The summed E-state index contributed by atoms with van der Waals surface area (Å²) < 4.78 is 0. The van der Waals surface area contributed by atoms with Crippen molar-refractivity contribution in [2.24, 2.45) is 11.8 Å². The highest BCUT2D eigenvalue weighted by molar-refractivity contribution is 5.01. The average molecular weight is 228 g/mol. The van der Waals surface area contributed by atoms with E-state index in [0.29, 0.717) is 5.92 Å². The molecule has 16 heavy (non-hydrogen) atoms. The van der Waals surface area contributed by atoms with Gasteiger partial charge in [-0.3, -0.25) is 0 Å². The number of aliphatic hydroxyl groups is 1. The highest BCUT2D eigenvalue weighted by Crippen LogP contribution is 2.39. The zero-order chi connectivity index (χ0) is 12.2. The third-order valence-corrected chi connectivity index (χ3v) is 3.78. The second kappa shape index (κ2) is 5.99. The quantitative estimate of drug-likeness (QED) is 0.658. The number of aliphatic hydroxyl groups excluding tert-OH is 1. The smallest absolute Gasteiger partial charge is 0.0628 e. The van der Waals surface area contributed by atoms with E-state index in [-0.39, 0.29) is 12.1 Å². The zero-order valence-electron chi connectivity index (χ0n) is 11.3. The molecule has 0 aromatic heterocycles. The standard InChI is InChI=1S/C13H28N2O/c1-11(2)7-8-15(4)9-13(10-16,14-3)12-5-6-12/h11-12,14,16H,5-10H2,1-4H3. The number of hydrogen-bond donors (Lipinski definition) is 2. The Morgan fingerprint density at radius 3 is 2.44 bits per heavy atom. The van der Waals surface area contributed by atoms with E-state index in [1.54, 1.807) is 0 Å². The summed E-state index contributed by atoms with van der Waals surface area (Å²) in [6, 6.07) is 0. The molecule has 1 rings (SSSR count). The molecule has 2 N–H and O–H groups in total. The van der Waals surface area contributed by atoms with E-state index in [1.807, 2.05) is 7.05 Å². The molecule has 0 amide bonds. The molecule has 1 unspecified atom stereocenters. The van der Waals surface area contributed by atoms with Gasteiger partial charge < -0.3 is 15.3 Å². The molecular weight excluding hydrogens is 200 g/mol. The van der Waals surface area contributed by atoms with Crippen molar-refractivity contribution in [2.45, 2.75) is 38.6 Å². The highest BCUT2D eigenvalue weighted by atomic mass is 16.3. The Kier molecular flexibility index (Phi) is 5.22. The SMILES string of the molecule is CNC(CO)(CN(C)CCC(C)C)C1CC1. The lowest BCUT2D eigenvalue weighted by Crippen LogP contribution is -2.56. The van der Waals surface area contributed by atoms with Gasteiger partial charge in [0.05, 0.1) is 12.1 Å².